The molecular weight excluding hydrogens is 857 g/mol. The van der Waals surface area contributed by atoms with Crippen molar-refractivity contribution in [1.29, 1.82) is 0 Å². The molecule has 0 unspecified atom stereocenters. The van der Waals surface area contributed by atoms with Crippen LogP contribution in [0.1, 0.15) is 22.3 Å². The second-order valence-corrected chi connectivity index (χ2v) is 19.1. The van der Waals surface area contributed by atoms with Crippen LogP contribution in [-0.2, 0) is 5.41 Å². The Labute approximate surface area is 411 Å². The quantitative estimate of drug-likeness (QED) is 0.127. The zero-order valence-electron chi connectivity index (χ0n) is 38.6. The van der Waals surface area contributed by atoms with E-state index >= 15 is 0 Å². The minimum absolute atomic E-state index is 0.441. The molecule has 1 heterocycles. The highest BCUT2D eigenvalue weighted by Gasteiger charge is 2.51. The molecule has 0 amide bonds. The average molecular weight is 899 g/mol. The standard InChI is InChI=1S/C69H42N2/c1-2-17-46(18-3-1)68-70-65(42-66(71-68)48-35-36-57-56-26-12-15-29-63(56)69(64(57)41-48)61-27-13-10-24-54(61)55-25-11-14-28-62(55)69)45-32-30-44(31-33-45)50-38-39-58(53-23-9-8-22-52(50)53)67-51-21-7-5-19-47(51)40-60-49-20-6-4-16-43(49)34-37-59(60)67/h1-42H. The Morgan fingerprint density at radius 1 is 0.239 bits per heavy atom. The molecule has 71 heavy (non-hydrogen) atoms. The van der Waals surface area contributed by atoms with Crippen LogP contribution in [0.2, 0.25) is 0 Å². The summed E-state index contributed by atoms with van der Waals surface area (Å²) in [6.45, 7) is 0. The van der Waals surface area contributed by atoms with Gasteiger partial charge in [-0.05, 0) is 128 Å². The molecule has 12 aromatic carbocycles. The maximum atomic E-state index is 5.35. The Morgan fingerprint density at radius 2 is 0.732 bits per heavy atom. The van der Waals surface area contributed by atoms with Gasteiger partial charge in [0.15, 0.2) is 5.82 Å². The van der Waals surface area contributed by atoms with Gasteiger partial charge in [0.1, 0.15) is 0 Å². The van der Waals surface area contributed by atoms with Gasteiger partial charge in [0, 0.05) is 16.7 Å². The Hall–Kier alpha value is -9.24. The molecule has 0 atom stereocenters. The zero-order valence-corrected chi connectivity index (χ0v) is 38.6. The molecule has 0 radical (unpaired) electrons. The van der Waals surface area contributed by atoms with Crippen LogP contribution in [0, 0.1) is 0 Å². The van der Waals surface area contributed by atoms with Gasteiger partial charge in [-0.25, -0.2) is 9.97 Å². The molecule has 0 N–H and O–H groups in total. The van der Waals surface area contributed by atoms with Gasteiger partial charge in [0.05, 0.1) is 16.8 Å². The molecule has 13 aromatic rings. The van der Waals surface area contributed by atoms with E-state index in [1.54, 1.807) is 0 Å². The fourth-order valence-corrected chi connectivity index (χ4v) is 12.4. The summed E-state index contributed by atoms with van der Waals surface area (Å²) in [6, 6.07) is 93.5. The minimum atomic E-state index is -0.441. The summed E-state index contributed by atoms with van der Waals surface area (Å²) in [5, 5.41) is 10.0. The monoisotopic (exact) mass is 898 g/mol. The van der Waals surface area contributed by atoms with E-state index in [-0.39, 0.29) is 0 Å². The van der Waals surface area contributed by atoms with E-state index in [9.17, 15) is 0 Å². The topological polar surface area (TPSA) is 25.8 Å². The molecule has 0 saturated heterocycles. The Morgan fingerprint density at radius 3 is 1.42 bits per heavy atom. The van der Waals surface area contributed by atoms with Crippen LogP contribution < -0.4 is 0 Å². The number of rotatable bonds is 5. The maximum absolute atomic E-state index is 5.35. The molecule has 2 aliphatic carbocycles. The second-order valence-electron chi connectivity index (χ2n) is 19.1. The van der Waals surface area contributed by atoms with E-state index in [1.807, 2.05) is 6.07 Å². The van der Waals surface area contributed by atoms with E-state index in [4.69, 9.17) is 9.97 Å². The van der Waals surface area contributed by atoms with E-state index in [2.05, 4.69) is 249 Å². The first-order valence-electron chi connectivity index (χ1n) is 24.6. The van der Waals surface area contributed by atoms with Crippen molar-refractivity contribution < 1.29 is 0 Å². The van der Waals surface area contributed by atoms with E-state index in [0.29, 0.717) is 5.82 Å². The van der Waals surface area contributed by atoms with Gasteiger partial charge in [-0.15, -0.1) is 0 Å². The Bertz CT molecular complexity index is 4270. The van der Waals surface area contributed by atoms with Crippen molar-refractivity contribution >= 4 is 43.1 Å². The van der Waals surface area contributed by atoms with Crippen LogP contribution in [0.15, 0.2) is 255 Å². The van der Waals surface area contributed by atoms with Gasteiger partial charge in [-0.1, -0.05) is 237 Å². The van der Waals surface area contributed by atoms with Crippen molar-refractivity contribution in [3.63, 3.8) is 0 Å². The minimum Gasteiger partial charge on any atom is -0.228 e. The summed E-state index contributed by atoms with van der Waals surface area (Å²) in [6.07, 6.45) is 0. The lowest BCUT2D eigenvalue weighted by Crippen LogP contribution is -2.25. The molecule has 328 valence electrons. The maximum Gasteiger partial charge on any atom is 0.160 e. The number of nitrogens with zero attached hydrogens (tertiary/aromatic N) is 2. The van der Waals surface area contributed by atoms with Crippen molar-refractivity contribution in [2.75, 3.05) is 0 Å². The van der Waals surface area contributed by atoms with E-state index in [0.717, 1.165) is 33.6 Å². The van der Waals surface area contributed by atoms with Crippen LogP contribution in [0.5, 0.6) is 0 Å². The predicted molar refractivity (Wildman–Crippen MR) is 296 cm³/mol. The molecule has 2 nitrogen and oxygen atoms in total. The SMILES string of the molecule is c1ccc(-c2nc(-c3ccc(-c4ccc(-c5c6ccccc6cc6c5ccc5ccccc56)c5ccccc45)cc3)cc(-c3ccc4c(c3)C3(c5ccccc5-c5ccccc53)c3ccccc3-4)n2)cc1. The number of fused-ring (bicyclic) bond motifs is 15. The van der Waals surface area contributed by atoms with Gasteiger partial charge in [0.2, 0.25) is 0 Å². The molecule has 0 saturated carbocycles. The van der Waals surface area contributed by atoms with Crippen LogP contribution in [0.4, 0.5) is 0 Å². The first kappa shape index (κ1) is 39.7. The molecule has 0 fully saturated rings. The summed E-state index contributed by atoms with van der Waals surface area (Å²) >= 11 is 0. The first-order chi connectivity index (χ1) is 35.2. The van der Waals surface area contributed by atoms with Crippen molar-refractivity contribution in [1.82, 2.24) is 9.97 Å². The molecule has 2 heteroatoms. The fraction of sp³-hybridized carbons (Fsp3) is 0.0145. The van der Waals surface area contributed by atoms with Crippen molar-refractivity contribution in [3.8, 4) is 78.4 Å². The molecule has 1 aromatic heterocycles. The Kier molecular flexibility index (Phi) is 8.61. The third kappa shape index (κ3) is 5.83. The van der Waals surface area contributed by atoms with E-state index in [1.165, 1.54) is 104 Å². The third-order valence-corrected chi connectivity index (χ3v) is 15.5. The van der Waals surface area contributed by atoms with Crippen LogP contribution in [0.3, 0.4) is 0 Å². The lowest BCUT2D eigenvalue weighted by atomic mass is 9.70. The highest BCUT2D eigenvalue weighted by molar-refractivity contribution is 6.23. The van der Waals surface area contributed by atoms with Crippen LogP contribution in [-0.4, -0.2) is 9.97 Å². The molecule has 2 aliphatic rings. The van der Waals surface area contributed by atoms with Crippen molar-refractivity contribution in [2.24, 2.45) is 0 Å². The number of hydrogen-bond acceptors (Lipinski definition) is 2. The van der Waals surface area contributed by atoms with Gasteiger partial charge < -0.3 is 0 Å². The summed E-state index contributed by atoms with van der Waals surface area (Å²) in [5.74, 6) is 0.702. The highest BCUT2D eigenvalue weighted by Crippen LogP contribution is 2.63. The van der Waals surface area contributed by atoms with Gasteiger partial charge in [-0.3, -0.25) is 0 Å². The zero-order chi connectivity index (χ0) is 46.6. The molecule has 1 spiro atoms. The lowest BCUT2D eigenvalue weighted by Gasteiger charge is -2.30. The summed E-state index contributed by atoms with van der Waals surface area (Å²) < 4.78 is 0. The van der Waals surface area contributed by atoms with Crippen LogP contribution >= 0.6 is 0 Å². The van der Waals surface area contributed by atoms with Gasteiger partial charge in [-0.2, -0.15) is 0 Å². The lowest BCUT2D eigenvalue weighted by molar-refractivity contribution is 0.794. The molecule has 15 rings (SSSR count). The van der Waals surface area contributed by atoms with Gasteiger partial charge in [0.25, 0.3) is 0 Å². The Balaban J connectivity index is 0.863. The average Bonchev–Trinajstić information content (AvgIpc) is 3.92. The summed E-state index contributed by atoms with van der Waals surface area (Å²) in [5.41, 5.74) is 19.7. The van der Waals surface area contributed by atoms with Crippen molar-refractivity contribution in [2.45, 2.75) is 5.41 Å². The second kappa shape index (κ2) is 15.4. The number of aromatic nitrogens is 2. The molecular formula is C69H42N2. The smallest absolute Gasteiger partial charge is 0.160 e. The molecule has 0 bridgehead atoms. The fourth-order valence-electron chi connectivity index (χ4n) is 12.4. The summed E-state index contributed by atoms with van der Waals surface area (Å²) in [7, 11) is 0. The molecule has 0 aliphatic heterocycles. The highest BCUT2D eigenvalue weighted by atomic mass is 14.9. The van der Waals surface area contributed by atoms with Crippen molar-refractivity contribution in [3.05, 3.63) is 277 Å². The van der Waals surface area contributed by atoms with Gasteiger partial charge >= 0.3 is 0 Å². The van der Waals surface area contributed by atoms with E-state index < -0.39 is 5.41 Å². The largest absolute Gasteiger partial charge is 0.228 e. The number of benzene rings is 12. The number of hydrogen-bond donors (Lipinski definition) is 0. The summed E-state index contributed by atoms with van der Waals surface area (Å²) in [4.78, 5) is 10.6. The van der Waals surface area contributed by atoms with Crippen LogP contribution in [0.25, 0.3) is 122 Å². The predicted octanol–water partition coefficient (Wildman–Crippen LogP) is 17.8. The third-order valence-electron chi connectivity index (χ3n) is 15.5. The normalized spacial score (nSPS) is 12.9. The first-order valence-corrected chi connectivity index (χ1v) is 24.6.